The van der Waals surface area contributed by atoms with Gasteiger partial charge in [-0.1, -0.05) is 6.07 Å². The number of pyridine rings is 2. The normalized spacial score (nSPS) is 19.3. The number of nitrogens with one attached hydrogen (secondary N) is 1. The molecule has 27 heavy (non-hydrogen) atoms. The van der Waals surface area contributed by atoms with Crippen LogP contribution in [0.1, 0.15) is 29.9 Å². The highest BCUT2D eigenvalue weighted by molar-refractivity contribution is 7.80. The smallest absolute Gasteiger partial charge is 0.170 e. The molecular formula is C20H21N5OS. The molecule has 1 fully saturated rings. The van der Waals surface area contributed by atoms with E-state index in [0.29, 0.717) is 18.1 Å². The zero-order valence-corrected chi connectivity index (χ0v) is 15.6. The number of aliphatic hydroxyl groups is 1. The van der Waals surface area contributed by atoms with Crippen molar-refractivity contribution in [3.8, 4) is 5.69 Å². The summed E-state index contributed by atoms with van der Waals surface area (Å²) in [6.07, 6.45) is 8.10. The molecule has 4 rings (SSSR count). The Balaban J connectivity index is 1.78. The second-order valence-electron chi connectivity index (χ2n) is 6.41. The molecule has 0 aliphatic carbocycles. The molecule has 0 saturated carbocycles. The Morgan fingerprint density at radius 2 is 2.04 bits per heavy atom. The van der Waals surface area contributed by atoms with E-state index in [1.807, 2.05) is 48.8 Å². The molecule has 0 spiro atoms. The van der Waals surface area contributed by atoms with Crippen LogP contribution in [-0.4, -0.2) is 42.8 Å². The molecule has 138 valence electrons. The van der Waals surface area contributed by atoms with Gasteiger partial charge in [-0.15, -0.1) is 0 Å². The number of rotatable bonds is 6. The standard InChI is InChI=1S/C20H21N5OS/c26-13-5-12-25-19(18(23-20(25)27)16-7-1-2-10-22-16)17-8-4-11-24(17)15-6-3-9-21-14-15/h1-4,6-11,14,18-19,26H,5,12-13H2,(H,23,27). The Bertz CT molecular complexity index is 899. The molecule has 2 atom stereocenters. The fraction of sp³-hybridized carbons (Fsp3) is 0.250. The van der Waals surface area contributed by atoms with Gasteiger partial charge in [0.2, 0.25) is 0 Å². The maximum atomic E-state index is 9.33. The van der Waals surface area contributed by atoms with Crippen LogP contribution in [0.2, 0.25) is 0 Å². The Labute approximate surface area is 163 Å². The van der Waals surface area contributed by atoms with Gasteiger partial charge < -0.3 is 19.9 Å². The van der Waals surface area contributed by atoms with Gasteiger partial charge in [-0.25, -0.2) is 0 Å². The number of nitrogens with zero attached hydrogens (tertiary/aromatic N) is 4. The Kier molecular flexibility index (Phi) is 5.13. The zero-order chi connectivity index (χ0) is 18.6. The van der Waals surface area contributed by atoms with Gasteiger partial charge >= 0.3 is 0 Å². The minimum absolute atomic E-state index is 0.0332. The van der Waals surface area contributed by atoms with E-state index in [-0.39, 0.29) is 18.7 Å². The maximum Gasteiger partial charge on any atom is 0.170 e. The third kappa shape index (κ3) is 3.43. The number of hydrogen-bond acceptors (Lipinski definition) is 4. The molecule has 0 aromatic carbocycles. The van der Waals surface area contributed by atoms with Gasteiger partial charge in [0.1, 0.15) is 0 Å². The van der Waals surface area contributed by atoms with Crippen molar-refractivity contribution in [2.45, 2.75) is 18.5 Å². The molecular weight excluding hydrogens is 358 g/mol. The third-order valence-corrected chi connectivity index (χ3v) is 5.11. The first-order valence-corrected chi connectivity index (χ1v) is 9.37. The van der Waals surface area contributed by atoms with Gasteiger partial charge in [0.15, 0.2) is 5.11 Å². The van der Waals surface area contributed by atoms with E-state index in [1.165, 1.54) is 0 Å². The molecule has 1 aliphatic heterocycles. The van der Waals surface area contributed by atoms with E-state index >= 15 is 0 Å². The largest absolute Gasteiger partial charge is 0.396 e. The van der Waals surface area contributed by atoms with Crippen molar-refractivity contribution in [2.75, 3.05) is 13.2 Å². The molecule has 6 nitrogen and oxygen atoms in total. The molecule has 3 aromatic rings. The average Bonchev–Trinajstić information content (AvgIpc) is 3.32. The molecule has 2 N–H and O–H groups in total. The topological polar surface area (TPSA) is 66.2 Å². The van der Waals surface area contributed by atoms with E-state index in [4.69, 9.17) is 12.2 Å². The lowest BCUT2D eigenvalue weighted by atomic mass is 10.0. The van der Waals surface area contributed by atoms with Crippen LogP contribution in [0, 0.1) is 0 Å². The van der Waals surface area contributed by atoms with Gasteiger partial charge in [-0.05, 0) is 55.0 Å². The van der Waals surface area contributed by atoms with Crippen molar-refractivity contribution in [3.05, 3.63) is 78.6 Å². The summed E-state index contributed by atoms with van der Waals surface area (Å²) in [5, 5.41) is 13.4. The summed E-state index contributed by atoms with van der Waals surface area (Å²) in [7, 11) is 0. The first-order chi connectivity index (χ1) is 13.3. The molecule has 0 bridgehead atoms. The van der Waals surface area contributed by atoms with Gasteiger partial charge in [0.25, 0.3) is 0 Å². The maximum absolute atomic E-state index is 9.33. The van der Waals surface area contributed by atoms with Gasteiger partial charge in [-0.3, -0.25) is 9.97 Å². The summed E-state index contributed by atoms with van der Waals surface area (Å²) in [5.74, 6) is 0. The predicted octanol–water partition coefficient (Wildman–Crippen LogP) is 2.62. The van der Waals surface area contributed by atoms with Crippen molar-refractivity contribution in [3.63, 3.8) is 0 Å². The highest BCUT2D eigenvalue weighted by atomic mass is 32.1. The van der Waals surface area contributed by atoms with E-state index in [9.17, 15) is 5.11 Å². The molecule has 1 aliphatic rings. The quantitative estimate of drug-likeness (QED) is 0.642. The van der Waals surface area contributed by atoms with Crippen LogP contribution >= 0.6 is 12.2 Å². The molecule has 0 radical (unpaired) electrons. The van der Waals surface area contributed by atoms with Crippen LogP contribution in [-0.2, 0) is 0 Å². The fourth-order valence-corrected chi connectivity index (χ4v) is 3.91. The highest BCUT2D eigenvalue weighted by Crippen LogP contribution is 2.39. The third-order valence-electron chi connectivity index (χ3n) is 4.76. The summed E-state index contributed by atoms with van der Waals surface area (Å²) in [5.41, 5.74) is 3.04. The summed E-state index contributed by atoms with van der Waals surface area (Å²) in [4.78, 5) is 10.9. The first kappa shape index (κ1) is 17.6. The number of hydrogen-bond donors (Lipinski definition) is 2. The van der Waals surface area contributed by atoms with Gasteiger partial charge in [-0.2, -0.15) is 0 Å². The Hall–Kier alpha value is -2.77. The van der Waals surface area contributed by atoms with E-state index < -0.39 is 0 Å². The number of aromatic nitrogens is 3. The number of thiocarbonyl (C=S) groups is 1. The predicted molar refractivity (Wildman–Crippen MR) is 107 cm³/mol. The summed E-state index contributed by atoms with van der Waals surface area (Å²) in [6, 6.07) is 13.9. The number of aliphatic hydroxyl groups excluding tert-OH is 1. The summed E-state index contributed by atoms with van der Waals surface area (Å²) >= 11 is 5.63. The van der Waals surface area contributed by atoms with Gasteiger partial charge in [0.05, 0.1) is 29.7 Å². The lowest BCUT2D eigenvalue weighted by Crippen LogP contribution is -2.31. The van der Waals surface area contributed by atoms with Crippen molar-refractivity contribution in [2.24, 2.45) is 0 Å². The monoisotopic (exact) mass is 379 g/mol. The molecule has 7 heteroatoms. The van der Waals surface area contributed by atoms with Crippen LogP contribution in [0.25, 0.3) is 5.69 Å². The van der Waals surface area contributed by atoms with Crippen molar-refractivity contribution < 1.29 is 5.11 Å². The van der Waals surface area contributed by atoms with Crippen molar-refractivity contribution >= 4 is 17.3 Å². The lowest BCUT2D eigenvalue weighted by Gasteiger charge is -2.28. The second kappa shape index (κ2) is 7.85. The van der Waals surface area contributed by atoms with Crippen LogP contribution in [0.5, 0.6) is 0 Å². The van der Waals surface area contributed by atoms with Crippen LogP contribution in [0.4, 0.5) is 0 Å². The van der Waals surface area contributed by atoms with E-state index in [0.717, 1.165) is 17.1 Å². The van der Waals surface area contributed by atoms with E-state index in [1.54, 1.807) is 12.4 Å². The second-order valence-corrected chi connectivity index (χ2v) is 6.80. The lowest BCUT2D eigenvalue weighted by molar-refractivity contribution is 0.245. The molecule has 1 saturated heterocycles. The summed E-state index contributed by atoms with van der Waals surface area (Å²) < 4.78 is 2.13. The Morgan fingerprint density at radius 3 is 2.78 bits per heavy atom. The SMILES string of the molecule is OCCCN1C(=S)NC(c2ccccn2)C1c1cccn1-c1cccnc1. The minimum atomic E-state index is -0.0669. The van der Waals surface area contributed by atoms with Crippen LogP contribution < -0.4 is 5.32 Å². The van der Waals surface area contributed by atoms with Crippen molar-refractivity contribution in [1.82, 2.24) is 24.8 Å². The average molecular weight is 379 g/mol. The van der Waals surface area contributed by atoms with Crippen molar-refractivity contribution in [1.29, 1.82) is 0 Å². The van der Waals surface area contributed by atoms with Gasteiger partial charge in [0, 0.05) is 37.4 Å². The van der Waals surface area contributed by atoms with Crippen LogP contribution in [0.3, 0.4) is 0 Å². The Morgan fingerprint density at radius 1 is 1.11 bits per heavy atom. The highest BCUT2D eigenvalue weighted by Gasteiger charge is 2.40. The molecule has 3 aromatic heterocycles. The van der Waals surface area contributed by atoms with E-state index in [2.05, 4.69) is 30.8 Å². The zero-order valence-electron chi connectivity index (χ0n) is 14.8. The molecule has 4 heterocycles. The molecule has 2 unspecified atom stereocenters. The minimum Gasteiger partial charge on any atom is -0.396 e. The molecule has 0 amide bonds. The van der Waals surface area contributed by atoms with Crippen LogP contribution in [0.15, 0.2) is 67.3 Å². The first-order valence-electron chi connectivity index (χ1n) is 8.96. The fourth-order valence-electron chi connectivity index (χ4n) is 3.58. The summed E-state index contributed by atoms with van der Waals surface area (Å²) in [6.45, 7) is 0.804.